The van der Waals surface area contributed by atoms with Crippen LogP contribution < -0.4 is 10.6 Å². The minimum Gasteiger partial charge on any atom is -0.377 e. The maximum absolute atomic E-state index is 8.85. The SMILES string of the molecule is CC1CNC(O)CN1.Cl. The predicted molar refractivity (Wildman–Crippen MR) is 38.7 cm³/mol. The standard InChI is InChI=1S/C5H12N2O.ClH/c1-4-2-7-5(8)3-6-4;/h4-8H,2-3H2,1H3;1H. The fourth-order valence-corrected chi connectivity index (χ4v) is 0.770. The van der Waals surface area contributed by atoms with Crippen LogP contribution in [0.3, 0.4) is 0 Å². The largest absolute Gasteiger partial charge is 0.377 e. The van der Waals surface area contributed by atoms with E-state index in [1.54, 1.807) is 0 Å². The molecule has 0 saturated carbocycles. The van der Waals surface area contributed by atoms with E-state index in [-0.39, 0.29) is 18.6 Å². The highest BCUT2D eigenvalue weighted by atomic mass is 35.5. The van der Waals surface area contributed by atoms with E-state index < -0.39 is 0 Å². The minimum absolute atomic E-state index is 0. The van der Waals surface area contributed by atoms with E-state index in [1.807, 2.05) is 0 Å². The van der Waals surface area contributed by atoms with E-state index in [9.17, 15) is 0 Å². The van der Waals surface area contributed by atoms with Crippen molar-refractivity contribution in [2.75, 3.05) is 13.1 Å². The van der Waals surface area contributed by atoms with Gasteiger partial charge >= 0.3 is 0 Å². The number of piperazine rings is 1. The number of hydrogen-bond donors (Lipinski definition) is 3. The number of hydrogen-bond acceptors (Lipinski definition) is 3. The van der Waals surface area contributed by atoms with Crippen LogP contribution in [0.15, 0.2) is 0 Å². The zero-order valence-corrected chi connectivity index (χ0v) is 6.24. The van der Waals surface area contributed by atoms with Crippen LogP contribution in [-0.4, -0.2) is 30.5 Å². The van der Waals surface area contributed by atoms with Crippen LogP contribution in [0.4, 0.5) is 0 Å². The van der Waals surface area contributed by atoms with Gasteiger partial charge in [0.1, 0.15) is 6.23 Å². The molecule has 0 radical (unpaired) electrons. The van der Waals surface area contributed by atoms with Gasteiger partial charge in [0.15, 0.2) is 0 Å². The van der Waals surface area contributed by atoms with Crippen LogP contribution in [0.1, 0.15) is 6.92 Å². The maximum Gasteiger partial charge on any atom is 0.117 e. The van der Waals surface area contributed by atoms with Gasteiger partial charge in [-0.05, 0) is 6.92 Å². The van der Waals surface area contributed by atoms with Crippen LogP contribution in [0.25, 0.3) is 0 Å². The normalized spacial score (nSPS) is 35.3. The Balaban J connectivity index is 0.000000640. The van der Waals surface area contributed by atoms with Gasteiger partial charge in [-0.25, -0.2) is 0 Å². The van der Waals surface area contributed by atoms with Crippen LogP contribution in [0.2, 0.25) is 0 Å². The molecule has 2 atom stereocenters. The lowest BCUT2D eigenvalue weighted by atomic mass is 10.3. The van der Waals surface area contributed by atoms with E-state index in [1.165, 1.54) is 0 Å². The summed E-state index contributed by atoms with van der Waals surface area (Å²) in [5.74, 6) is 0. The van der Waals surface area contributed by atoms with Gasteiger partial charge in [0.05, 0.1) is 0 Å². The highest BCUT2D eigenvalue weighted by Crippen LogP contribution is 1.87. The first-order chi connectivity index (χ1) is 3.79. The first kappa shape index (κ1) is 9.17. The molecule has 3 nitrogen and oxygen atoms in total. The van der Waals surface area contributed by atoms with Gasteiger partial charge in [0, 0.05) is 19.1 Å². The number of halogens is 1. The molecule has 56 valence electrons. The fraction of sp³-hybridized carbons (Fsp3) is 1.00. The molecule has 1 saturated heterocycles. The maximum atomic E-state index is 8.85. The lowest BCUT2D eigenvalue weighted by molar-refractivity contribution is 0.108. The van der Waals surface area contributed by atoms with E-state index >= 15 is 0 Å². The van der Waals surface area contributed by atoms with Gasteiger partial charge in [-0.1, -0.05) is 0 Å². The molecule has 4 heteroatoms. The van der Waals surface area contributed by atoms with Crippen molar-refractivity contribution in [3.63, 3.8) is 0 Å². The molecular formula is C5H13ClN2O. The summed E-state index contributed by atoms with van der Waals surface area (Å²) in [7, 11) is 0. The third-order valence-electron chi connectivity index (χ3n) is 1.32. The average molecular weight is 153 g/mol. The lowest BCUT2D eigenvalue weighted by Gasteiger charge is -2.25. The average Bonchev–Trinajstić information content (AvgIpc) is 1.77. The summed E-state index contributed by atoms with van der Waals surface area (Å²) in [6, 6.07) is 0.499. The second-order valence-electron chi connectivity index (χ2n) is 2.23. The molecule has 1 aliphatic rings. The molecule has 1 rings (SSSR count). The quantitative estimate of drug-likeness (QED) is 0.431. The minimum atomic E-state index is -0.341. The van der Waals surface area contributed by atoms with Crippen molar-refractivity contribution < 1.29 is 5.11 Å². The first-order valence-electron chi connectivity index (χ1n) is 2.94. The predicted octanol–water partition coefficient (Wildman–Crippen LogP) is -0.692. The zero-order chi connectivity index (χ0) is 5.98. The van der Waals surface area contributed by atoms with Gasteiger partial charge in [-0.3, -0.25) is 5.32 Å². The van der Waals surface area contributed by atoms with E-state index in [0.717, 1.165) is 6.54 Å². The number of β-amino-alcohol motifs (C(OH)–C–C–N with tert-alkyl or cyclic N) is 1. The zero-order valence-electron chi connectivity index (χ0n) is 5.42. The Morgan fingerprint density at radius 1 is 1.33 bits per heavy atom. The van der Waals surface area contributed by atoms with E-state index in [0.29, 0.717) is 12.6 Å². The third kappa shape index (κ3) is 3.01. The van der Waals surface area contributed by atoms with Crippen molar-refractivity contribution >= 4 is 12.4 Å². The number of aliphatic hydroxyl groups is 1. The van der Waals surface area contributed by atoms with Crippen molar-refractivity contribution in [2.24, 2.45) is 0 Å². The molecule has 9 heavy (non-hydrogen) atoms. The molecule has 3 N–H and O–H groups in total. The summed E-state index contributed by atoms with van der Waals surface area (Å²) in [4.78, 5) is 0. The van der Waals surface area contributed by atoms with Crippen LogP contribution in [0.5, 0.6) is 0 Å². The van der Waals surface area contributed by atoms with Gasteiger partial charge in [0.25, 0.3) is 0 Å². The van der Waals surface area contributed by atoms with Gasteiger partial charge < -0.3 is 10.4 Å². The van der Waals surface area contributed by atoms with Crippen LogP contribution in [0, 0.1) is 0 Å². The van der Waals surface area contributed by atoms with Crippen molar-refractivity contribution in [1.82, 2.24) is 10.6 Å². The molecule has 0 spiro atoms. The second kappa shape index (κ2) is 4.06. The monoisotopic (exact) mass is 152 g/mol. The molecule has 0 aromatic rings. The summed E-state index contributed by atoms with van der Waals surface area (Å²) >= 11 is 0. The highest BCUT2D eigenvalue weighted by Gasteiger charge is 2.12. The van der Waals surface area contributed by atoms with Crippen molar-refractivity contribution in [3.05, 3.63) is 0 Å². The van der Waals surface area contributed by atoms with Crippen molar-refractivity contribution in [3.8, 4) is 0 Å². The highest BCUT2D eigenvalue weighted by molar-refractivity contribution is 5.85. The Labute approximate surface area is 61.2 Å². The van der Waals surface area contributed by atoms with Crippen LogP contribution >= 0.6 is 12.4 Å². The Bertz CT molecular complexity index is 63.4. The Hall–Kier alpha value is 0.170. The number of nitrogens with one attached hydrogen (secondary N) is 2. The molecule has 0 aromatic heterocycles. The summed E-state index contributed by atoms with van der Waals surface area (Å²) < 4.78 is 0. The number of rotatable bonds is 0. The van der Waals surface area contributed by atoms with Crippen LogP contribution in [-0.2, 0) is 0 Å². The van der Waals surface area contributed by atoms with Gasteiger partial charge in [-0.15, -0.1) is 12.4 Å². The summed E-state index contributed by atoms with van der Waals surface area (Å²) in [6.45, 7) is 3.61. The second-order valence-corrected chi connectivity index (χ2v) is 2.23. The molecule has 1 aliphatic heterocycles. The smallest absolute Gasteiger partial charge is 0.117 e. The molecule has 1 fully saturated rings. The number of aliphatic hydroxyl groups excluding tert-OH is 1. The van der Waals surface area contributed by atoms with Crippen molar-refractivity contribution in [1.29, 1.82) is 0 Å². The molecule has 0 aromatic carbocycles. The molecular weight excluding hydrogens is 140 g/mol. The first-order valence-corrected chi connectivity index (χ1v) is 2.94. The Kier molecular flexibility index (Phi) is 4.14. The van der Waals surface area contributed by atoms with Gasteiger partial charge in [-0.2, -0.15) is 0 Å². The summed E-state index contributed by atoms with van der Waals surface area (Å²) in [6.07, 6.45) is -0.341. The molecule has 2 unspecified atom stereocenters. The van der Waals surface area contributed by atoms with E-state index in [2.05, 4.69) is 17.6 Å². The fourth-order valence-electron chi connectivity index (χ4n) is 0.770. The van der Waals surface area contributed by atoms with Crippen molar-refractivity contribution in [2.45, 2.75) is 19.2 Å². The summed E-state index contributed by atoms with van der Waals surface area (Å²) in [5, 5.41) is 14.9. The molecule has 1 heterocycles. The third-order valence-corrected chi connectivity index (χ3v) is 1.32. The Morgan fingerprint density at radius 2 is 2.00 bits per heavy atom. The topological polar surface area (TPSA) is 44.3 Å². The lowest BCUT2D eigenvalue weighted by Crippen LogP contribution is -2.52. The Morgan fingerprint density at radius 3 is 2.33 bits per heavy atom. The van der Waals surface area contributed by atoms with Gasteiger partial charge in [0.2, 0.25) is 0 Å². The molecule has 0 amide bonds. The molecule has 0 bridgehead atoms. The molecule has 0 aliphatic carbocycles. The van der Waals surface area contributed by atoms with E-state index in [4.69, 9.17) is 5.11 Å². The summed E-state index contributed by atoms with van der Waals surface area (Å²) in [5.41, 5.74) is 0.